The summed E-state index contributed by atoms with van der Waals surface area (Å²) in [5, 5.41) is 3.32. The quantitative estimate of drug-likeness (QED) is 0.901. The number of amides is 1. The molecule has 0 saturated carbocycles. The first-order valence-corrected chi connectivity index (χ1v) is 7.26. The summed E-state index contributed by atoms with van der Waals surface area (Å²) in [6, 6.07) is 8.31. The first-order chi connectivity index (χ1) is 9.22. The Kier molecular flexibility index (Phi) is 4.97. The Labute approximate surface area is 116 Å². The molecule has 19 heavy (non-hydrogen) atoms. The zero-order valence-electron chi connectivity index (χ0n) is 12.0. The molecule has 1 aromatic rings. The van der Waals surface area contributed by atoms with E-state index in [1.165, 1.54) is 11.1 Å². The monoisotopic (exact) mass is 260 g/mol. The maximum Gasteiger partial charge on any atom is 0.227 e. The number of hydrogen-bond acceptors (Lipinski definition) is 2. The molecule has 104 valence electrons. The second kappa shape index (κ2) is 6.71. The van der Waals surface area contributed by atoms with Gasteiger partial charge in [0, 0.05) is 19.6 Å². The zero-order chi connectivity index (χ0) is 13.7. The number of nitrogens with zero attached hydrogens (tertiary/aromatic N) is 1. The molecule has 1 heterocycles. The van der Waals surface area contributed by atoms with E-state index in [1.54, 1.807) is 0 Å². The van der Waals surface area contributed by atoms with Crippen LogP contribution in [-0.4, -0.2) is 30.4 Å². The van der Waals surface area contributed by atoms with Crippen molar-refractivity contribution in [3.8, 4) is 0 Å². The first kappa shape index (κ1) is 14.1. The van der Waals surface area contributed by atoms with Crippen LogP contribution in [0.2, 0.25) is 0 Å². The van der Waals surface area contributed by atoms with E-state index in [-0.39, 0.29) is 5.92 Å². The van der Waals surface area contributed by atoms with Crippen LogP contribution in [0.1, 0.15) is 30.9 Å². The molecule has 1 amide bonds. The van der Waals surface area contributed by atoms with Crippen molar-refractivity contribution in [2.45, 2.75) is 33.2 Å². The van der Waals surface area contributed by atoms with Crippen LogP contribution >= 0.6 is 0 Å². The summed E-state index contributed by atoms with van der Waals surface area (Å²) in [5.74, 6) is 0.468. The lowest BCUT2D eigenvalue weighted by atomic mass is 9.97. The van der Waals surface area contributed by atoms with E-state index in [1.807, 2.05) is 17.0 Å². The van der Waals surface area contributed by atoms with Gasteiger partial charge in [-0.15, -0.1) is 0 Å². The van der Waals surface area contributed by atoms with Gasteiger partial charge in [-0.3, -0.25) is 4.79 Å². The highest BCUT2D eigenvalue weighted by Gasteiger charge is 2.25. The normalized spacial score (nSPS) is 19.2. The fourth-order valence-electron chi connectivity index (χ4n) is 2.66. The summed E-state index contributed by atoms with van der Waals surface area (Å²) in [6.45, 7) is 7.57. The third-order valence-electron chi connectivity index (χ3n) is 3.96. The average Bonchev–Trinajstić information content (AvgIpc) is 2.47. The number of aryl methyl sites for hydroxylation is 1. The third kappa shape index (κ3) is 3.57. The molecule has 2 rings (SSSR count). The van der Waals surface area contributed by atoms with E-state index in [9.17, 15) is 4.79 Å². The van der Waals surface area contributed by atoms with Crippen LogP contribution in [0.25, 0.3) is 0 Å². The molecular formula is C16H24N2O. The van der Waals surface area contributed by atoms with Crippen molar-refractivity contribution in [2.75, 3.05) is 19.6 Å². The minimum absolute atomic E-state index is 0.165. The number of benzene rings is 1. The molecule has 1 aromatic carbocycles. The van der Waals surface area contributed by atoms with Crippen LogP contribution < -0.4 is 5.32 Å². The summed E-state index contributed by atoms with van der Waals surface area (Å²) < 4.78 is 0. The lowest BCUT2D eigenvalue weighted by Gasteiger charge is -2.29. The molecule has 1 atom stereocenters. The van der Waals surface area contributed by atoms with Crippen molar-refractivity contribution in [2.24, 2.45) is 5.92 Å². The summed E-state index contributed by atoms with van der Waals surface area (Å²) in [6.07, 6.45) is 2.13. The van der Waals surface area contributed by atoms with Crippen molar-refractivity contribution in [3.05, 3.63) is 35.4 Å². The van der Waals surface area contributed by atoms with Gasteiger partial charge in [0.2, 0.25) is 5.91 Å². The van der Waals surface area contributed by atoms with Crippen molar-refractivity contribution < 1.29 is 4.79 Å². The number of carbonyl (C=O) groups is 1. The van der Waals surface area contributed by atoms with Crippen LogP contribution in [-0.2, 0) is 11.3 Å². The Bertz CT molecular complexity index is 425. The van der Waals surface area contributed by atoms with E-state index in [0.717, 1.165) is 39.0 Å². The summed E-state index contributed by atoms with van der Waals surface area (Å²) >= 11 is 0. The van der Waals surface area contributed by atoms with Crippen molar-refractivity contribution in [1.82, 2.24) is 10.2 Å². The van der Waals surface area contributed by atoms with Gasteiger partial charge in [-0.1, -0.05) is 24.3 Å². The van der Waals surface area contributed by atoms with E-state index in [4.69, 9.17) is 0 Å². The van der Waals surface area contributed by atoms with Gasteiger partial charge >= 0.3 is 0 Å². The van der Waals surface area contributed by atoms with Gasteiger partial charge in [0.15, 0.2) is 0 Å². The number of piperidine rings is 1. The van der Waals surface area contributed by atoms with Crippen LogP contribution in [0, 0.1) is 12.8 Å². The summed E-state index contributed by atoms with van der Waals surface area (Å²) in [5.41, 5.74) is 2.51. The Morgan fingerprint density at radius 3 is 2.84 bits per heavy atom. The van der Waals surface area contributed by atoms with Gasteiger partial charge in [0.05, 0.1) is 5.92 Å². The van der Waals surface area contributed by atoms with Crippen LogP contribution in [0.3, 0.4) is 0 Å². The highest BCUT2D eigenvalue weighted by Crippen LogP contribution is 2.17. The molecular weight excluding hydrogens is 236 g/mol. The molecule has 1 aliphatic heterocycles. The van der Waals surface area contributed by atoms with E-state index in [2.05, 4.69) is 31.3 Å². The maximum absolute atomic E-state index is 12.5. The minimum Gasteiger partial charge on any atom is -0.338 e. The van der Waals surface area contributed by atoms with Gasteiger partial charge in [-0.25, -0.2) is 0 Å². The van der Waals surface area contributed by atoms with Gasteiger partial charge in [-0.2, -0.15) is 0 Å². The molecule has 0 radical (unpaired) electrons. The predicted octanol–water partition coefficient (Wildman–Crippen LogP) is 2.34. The van der Waals surface area contributed by atoms with E-state index >= 15 is 0 Å². The standard InChI is InChI=1S/C16H24N2O/c1-3-18(12-15-8-5-4-7-13(15)2)16(19)14-9-6-10-17-11-14/h4-5,7-8,14,17H,3,6,9-12H2,1-2H3/t14-/m0/s1. The fourth-order valence-corrected chi connectivity index (χ4v) is 2.66. The van der Waals surface area contributed by atoms with Gasteiger partial charge < -0.3 is 10.2 Å². The molecule has 1 N–H and O–H groups in total. The highest BCUT2D eigenvalue weighted by atomic mass is 16.2. The van der Waals surface area contributed by atoms with Crippen molar-refractivity contribution in [3.63, 3.8) is 0 Å². The van der Waals surface area contributed by atoms with Crippen molar-refractivity contribution in [1.29, 1.82) is 0 Å². The topological polar surface area (TPSA) is 32.3 Å². The molecule has 3 nitrogen and oxygen atoms in total. The van der Waals surface area contributed by atoms with E-state index < -0.39 is 0 Å². The molecule has 0 aromatic heterocycles. The second-order valence-electron chi connectivity index (χ2n) is 5.32. The molecule has 0 spiro atoms. The SMILES string of the molecule is CCN(Cc1ccccc1C)C(=O)[C@H]1CCCNC1. The Morgan fingerprint density at radius 1 is 1.42 bits per heavy atom. The number of carbonyl (C=O) groups excluding carboxylic acids is 1. The number of nitrogens with one attached hydrogen (secondary N) is 1. The van der Waals surface area contributed by atoms with Crippen LogP contribution in [0.15, 0.2) is 24.3 Å². The molecule has 1 saturated heterocycles. The minimum atomic E-state index is 0.165. The Hall–Kier alpha value is -1.35. The van der Waals surface area contributed by atoms with Crippen LogP contribution in [0.4, 0.5) is 0 Å². The molecule has 0 aliphatic carbocycles. The molecule has 0 bridgehead atoms. The fraction of sp³-hybridized carbons (Fsp3) is 0.562. The summed E-state index contributed by atoms with van der Waals surface area (Å²) in [7, 11) is 0. The largest absolute Gasteiger partial charge is 0.338 e. The maximum atomic E-state index is 12.5. The first-order valence-electron chi connectivity index (χ1n) is 7.26. The van der Waals surface area contributed by atoms with Crippen LogP contribution in [0.5, 0.6) is 0 Å². The summed E-state index contributed by atoms with van der Waals surface area (Å²) in [4.78, 5) is 14.5. The van der Waals surface area contributed by atoms with Gasteiger partial charge in [0.1, 0.15) is 0 Å². The van der Waals surface area contributed by atoms with E-state index in [0.29, 0.717) is 5.91 Å². The van der Waals surface area contributed by atoms with Gasteiger partial charge in [-0.05, 0) is 44.4 Å². The smallest absolute Gasteiger partial charge is 0.227 e. The lowest BCUT2D eigenvalue weighted by Crippen LogP contribution is -2.42. The van der Waals surface area contributed by atoms with Gasteiger partial charge in [0.25, 0.3) is 0 Å². The lowest BCUT2D eigenvalue weighted by molar-refractivity contribution is -0.136. The number of hydrogen-bond donors (Lipinski definition) is 1. The second-order valence-corrected chi connectivity index (χ2v) is 5.32. The van der Waals surface area contributed by atoms with Crippen molar-refractivity contribution >= 4 is 5.91 Å². The average molecular weight is 260 g/mol. The third-order valence-corrected chi connectivity index (χ3v) is 3.96. The molecule has 0 unspecified atom stereocenters. The molecule has 1 aliphatic rings. The predicted molar refractivity (Wildman–Crippen MR) is 77.9 cm³/mol. The zero-order valence-corrected chi connectivity index (χ0v) is 12.0. The number of rotatable bonds is 4. The molecule has 1 fully saturated rings. The Morgan fingerprint density at radius 2 is 2.21 bits per heavy atom. The highest BCUT2D eigenvalue weighted by molar-refractivity contribution is 5.79. The molecule has 3 heteroatoms. The Balaban J connectivity index is 2.03.